The van der Waals surface area contributed by atoms with Gasteiger partial charge in [-0.05, 0) is 43.2 Å². The molecule has 1 aromatic carbocycles. The Hall–Kier alpha value is -2.86. The molecule has 1 heterocycles. The van der Waals surface area contributed by atoms with E-state index in [0.29, 0.717) is 23.5 Å². The van der Waals surface area contributed by atoms with Crippen LogP contribution < -0.4 is 4.74 Å². The van der Waals surface area contributed by atoms with E-state index >= 15 is 0 Å². The maximum absolute atomic E-state index is 12.4. The van der Waals surface area contributed by atoms with Gasteiger partial charge < -0.3 is 18.9 Å². The summed E-state index contributed by atoms with van der Waals surface area (Å²) in [6.07, 6.45) is 2.76. The minimum atomic E-state index is -0.766. The summed E-state index contributed by atoms with van der Waals surface area (Å²) in [5.41, 5.74) is 2.25. The van der Waals surface area contributed by atoms with E-state index in [4.69, 9.17) is 18.9 Å². The lowest BCUT2D eigenvalue weighted by atomic mass is 9.60. The van der Waals surface area contributed by atoms with E-state index in [-0.39, 0.29) is 17.3 Å². The van der Waals surface area contributed by atoms with E-state index in [9.17, 15) is 9.59 Å². The van der Waals surface area contributed by atoms with Crippen molar-refractivity contribution in [2.75, 3.05) is 7.11 Å². The number of methoxy groups -OCH3 is 1. The molecule has 0 spiro atoms. The summed E-state index contributed by atoms with van der Waals surface area (Å²) in [6, 6.07) is 8.80. The summed E-state index contributed by atoms with van der Waals surface area (Å²) < 4.78 is 22.0. The van der Waals surface area contributed by atoms with Crippen LogP contribution in [0, 0.1) is 11.3 Å². The molecular weight excluding hydrogens is 372 g/mol. The summed E-state index contributed by atoms with van der Waals surface area (Å²) in [5, 5.41) is 0. The number of carbonyl (C=O) groups is 2. The molecule has 1 aromatic rings. The van der Waals surface area contributed by atoms with Crippen molar-refractivity contribution in [1.29, 1.82) is 0 Å². The van der Waals surface area contributed by atoms with E-state index in [1.165, 1.54) is 0 Å². The number of hydrogen-bond donors (Lipinski definition) is 0. The summed E-state index contributed by atoms with van der Waals surface area (Å²) in [4.78, 5) is 24.4. The quantitative estimate of drug-likeness (QED) is 0.559. The van der Waals surface area contributed by atoms with Gasteiger partial charge in [0.2, 0.25) is 0 Å². The molecule has 0 N–H and O–H groups in total. The zero-order chi connectivity index (χ0) is 20.8. The van der Waals surface area contributed by atoms with E-state index < -0.39 is 18.4 Å². The standard InChI is InChI=1S/C23H24O6/c1-13-17-12-23(3)14(2)20(29-22(25)27-16-8-6-5-7-9-16)19(26-4)11-15(23)10-18(17)28-21(13)24/h5-11,14,19-20H,12H2,1-4H3/t14-,19-,20+,23+/m0/s1. The lowest BCUT2D eigenvalue weighted by Gasteiger charge is -2.48. The first kappa shape index (κ1) is 19.5. The van der Waals surface area contributed by atoms with Crippen LogP contribution in [-0.4, -0.2) is 31.4 Å². The van der Waals surface area contributed by atoms with Gasteiger partial charge in [-0.3, -0.25) is 0 Å². The second-order valence-corrected chi connectivity index (χ2v) is 7.95. The molecule has 0 saturated heterocycles. The number of fused-ring (bicyclic) bond motifs is 2. The third kappa shape index (κ3) is 3.27. The lowest BCUT2D eigenvalue weighted by Crippen LogP contribution is -2.49. The highest BCUT2D eigenvalue weighted by Crippen LogP contribution is 2.54. The number of para-hydroxylation sites is 1. The van der Waals surface area contributed by atoms with E-state index in [2.05, 4.69) is 6.92 Å². The Morgan fingerprint density at radius 1 is 1.24 bits per heavy atom. The molecule has 152 valence electrons. The Morgan fingerprint density at radius 3 is 2.66 bits per heavy atom. The maximum Gasteiger partial charge on any atom is 0.514 e. The first-order valence-corrected chi connectivity index (χ1v) is 9.66. The highest BCUT2D eigenvalue weighted by molar-refractivity contribution is 5.94. The molecule has 1 aliphatic heterocycles. The Balaban J connectivity index is 1.62. The molecule has 3 aliphatic rings. The third-order valence-corrected chi connectivity index (χ3v) is 6.36. The molecule has 2 aliphatic carbocycles. The second-order valence-electron chi connectivity index (χ2n) is 7.95. The highest BCUT2D eigenvalue weighted by Gasteiger charge is 2.51. The van der Waals surface area contributed by atoms with Crippen molar-refractivity contribution < 1.29 is 28.5 Å². The third-order valence-electron chi connectivity index (χ3n) is 6.36. The van der Waals surface area contributed by atoms with Gasteiger partial charge >= 0.3 is 12.1 Å². The van der Waals surface area contributed by atoms with Gasteiger partial charge in [0.15, 0.2) is 0 Å². The SMILES string of the molecule is CO[C@H]1C=C2C=C3OC(=O)C(C)=C3C[C@]2(C)[C@@H](C)[C@H]1OC(=O)Oc1ccccc1. The average molecular weight is 396 g/mol. The molecule has 6 nitrogen and oxygen atoms in total. The van der Waals surface area contributed by atoms with Gasteiger partial charge in [0, 0.05) is 29.6 Å². The molecule has 4 atom stereocenters. The smallest absolute Gasteiger partial charge is 0.427 e. The molecular formula is C23H24O6. The summed E-state index contributed by atoms with van der Waals surface area (Å²) in [7, 11) is 1.58. The Kier molecular flexibility index (Phi) is 4.82. The first-order chi connectivity index (χ1) is 13.8. The fourth-order valence-corrected chi connectivity index (χ4v) is 4.33. The van der Waals surface area contributed by atoms with Crippen molar-refractivity contribution in [3.63, 3.8) is 0 Å². The fraction of sp³-hybridized carbons (Fsp3) is 0.391. The lowest BCUT2D eigenvalue weighted by molar-refractivity contribution is -0.133. The molecule has 0 amide bonds. The van der Waals surface area contributed by atoms with Crippen LogP contribution in [0.25, 0.3) is 0 Å². The van der Waals surface area contributed by atoms with Crippen LogP contribution in [0.15, 0.2) is 65.0 Å². The number of rotatable bonds is 3. The molecule has 0 unspecified atom stereocenters. The van der Waals surface area contributed by atoms with Gasteiger partial charge in [0.25, 0.3) is 0 Å². The van der Waals surface area contributed by atoms with Crippen molar-refractivity contribution in [1.82, 2.24) is 0 Å². The molecule has 0 saturated carbocycles. The Morgan fingerprint density at radius 2 is 1.97 bits per heavy atom. The van der Waals surface area contributed by atoms with Crippen molar-refractivity contribution in [3.8, 4) is 5.75 Å². The Labute approximate surface area is 169 Å². The number of ether oxygens (including phenoxy) is 4. The van der Waals surface area contributed by atoms with Crippen molar-refractivity contribution >= 4 is 12.1 Å². The Bertz CT molecular complexity index is 941. The summed E-state index contributed by atoms with van der Waals surface area (Å²) in [6.45, 7) is 5.93. The van der Waals surface area contributed by atoms with Gasteiger partial charge in [0.05, 0.1) is 0 Å². The zero-order valence-corrected chi connectivity index (χ0v) is 16.9. The molecule has 6 heteroatoms. The predicted molar refractivity (Wildman–Crippen MR) is 105 cm³/mol. The van der Waals surface area contributed by atoms with E-state index in [1.807, 2.05) is 25.1 Å². The molecule has 29 heavy (non-hydrogen) atoms. The minimum absolute atomic E-state index is 0.0791. The van der Waals surface area contributed by atoms with Gasteiger partial charge in [-0.1, -0.05) is 32.0 Å². The normalized spacial score (nSPS) is 30.6. The number of esters is 1. The van der Waals surface area contributed by atoms with Crippen molar-refractivity contribution in [3.05, 3.63) is 65.0 Å². The molecule has 0 fully saturated rings. The van der Waals surface area contributed by atoms with Crippen LogP contribution in [-0.2, 0) is 19.0 Å². The van der Waals surface area contributed by atoms with Crippen LogP contribution in [0.5, 0.6) is 5.75 Å². The predicted octanol–water partition coefficient (Wildman–Crippen LogP) is 4.33. The van der Waals surface area contributed by atoms with Gasteiger partial charge in [-0.25, -0.2) is 9.59 Å². The highest BCUT2D eigenvalue weighted by atomic mass is 16.7. The second kappa shape index (κ2) is 7.19. The maximum atomic E-state index is 12.4. The summed E-state index contributed by atoms with van der Waals surface area (Å²) >= 11 is 0. The largest absolute Gasteiger partial charge is 0.514 e. The van der Waals surface area contributed by atoms with Gasteiger partial charge in [-0.2, -0.15) is 0 Å². The molecule has 0 radical (unpaired) electrons. The van der Waals surface area contributed by atoms with E-state index in [1.54, 1.807) is 38.3 Å². The van der Waals surface area contributed by atoms with Crippen LogP contribution in [0.2, 0.25) is 0 Å². The van der Waals surface area contributed by atoms with Gasteiger partial charge in [0.1, 0.15) is 23.7 Å². The van der Waals surface area contributed by atoms with Gasteiger partial charge in [-0.15, -0.1) is 0 Å². The molecule has 0 bridgehead atoms. The van der Waals surface area contributed by atoms with Crippen LogP contribution in [0.4, 0.5) is 4.79 Å². The number of carbonyl (C=O) groups excluding carboxylic acids is 2. The first-order valence-electron chi connectivity index (χ1n) is 9.66. The van der Waals surface area contributed by atoms with Crippen LogP contribution >= 0.6 is 0 Å². The molecule has 4 rings (SSSR count). The minimum Gasteiger partial charge on any atom is -0.427 e. The van der Waals surface area contributed by atoms with Crippen LogP contribution in [0.3, 0.4) is 0 Å². The van der Waals surface area contributed by atoms with Crippen molar-refractivity contribution in [2.45, 2.75) is 39.4 Å². The van der Waals surface area contributed by atoms with E-state index in [0.717, 1.165) is 11.1 Å². The molecule has 0 aromatic heterocycles. The number of allylic oxidation sites excluding steroid dienone is 3. The summed E-state index contributed by atoms with van der Waals surface area (Å²) in [5.74, 6) is 0.653. The monoisotopic (exact) mass is 396 g/mol. The number of hydrogen-bond acceptors (Lipinski definition) is 6. The average Bonchev–Trinajstić information content (AvgIpc) is 2.97. The fourth-order valence-electron chi connectivity index (χ4n) is 4.33. The van der Waals surface area contributed by atoms with Crippen molar-refractivity contribution in [2.24, 2.45) is 11.3 Å². The topological polar surface area (TPSA) is 71.1 Å². The number of benzene rings is 1. The zero-order valence-electron chi connectivity index (χ0n) is 16.9. The van der Waals surface area contributed by atoms with Crippen LogP contribution in [0.1, 0.15) is 27.2 Å².